The monoisotopic (exact) mass is 300 g/mol. The van der Waals surface area contributed by atoms with E-state index >= 15 is 0 Å². The van der Waals surface area contributed by atoms with Crippen LogP contribution in [0.2, 0.25) is 0 Å². The molecular weight excluding hydrogens is 280 g/mol. The van der Waals surface area contributed by atoms with Crippen molar-refractivity contribution in [2.24, 2.45) is 5.41 Å². The number of nitrogens with zero attached hydrogens (tertiary/aromatic N) is 1. The summed E-state index contributed by atoms with van der Waals surface area (Å²) in [4.78, 5) is 4.36. The molecule has 1 aromatic rings. The zero-order valence-electron chi connectivity index (χ0n) is 11.0. The maximum absolute atomic E-state index is 5.20. The lowest BCUT2D eigenvalue weighted by atomic mass is 9.94. The first kappa shape index (κ1) is 14.6. The van der Waals surface area contributed by atoms with Gasteiger partial charge in [-0.2, -0.15) is 0 Å². The summed E-state index contributed by atoms with van der Waals surface area (Å²) in [5.74, 6) is 0. The van der Waals surface area contributed by atoms with Crippen LogP contribution in [0.5, 0.6) is 0 Å². The molecule has 0 spiro atoms. The third-order valence-electron chi connectivity index (χ3n) is 2.61. The van der Waals surface area contributed by atoms with Gasteiger partial charge in [0.2, 0.25) is 0 Å². The fourth-order valence-electron chi connectivity index (χ4n) is 1.63. The molecule has 0 aliphatic heterocycles. The lowest BCUT2D eigenvalue weighted by Crippen LogP contribution is -2.34. The Bertz CT molecular complexity index is 355. The Balaban J connectivity index is 2.52. The summed E-state index contributed by atoms with van der Waals surface area (Å²) >= 11 is 3.46. The van der Waals surface area contributed by atoms with Gasteiger partial charge in [-0.15, -0.1) is 0 Å². The minimum absolute atomic E-state index is 0.134. The molecule has 0 aliphatic carbocycles. The van der Waals surface area contributed by atoms with Crippen molar-refractivity contribution in [1.82, 2.24) is 10.3 Å². The van der Waals surface area contributed by atoms with Gasteiger partial charge in [0.15, 0.2) is 0 Å². The van der Waals surface area contributed by atoms with E-state index in [0.717, 1.165) is 23.3 Å². The van der Waals surface area contributed by atoms with Gasteiger partial charge in [0, 0.05) is 35.8 Å². The van der Waals surface area contributed by atoms with Crippen LogP contribution in [-0.2, 0) is 4.74 Å². The molecule has 0 bridgehead atoms. The highest BCUT2D eigenvalue weighted by atomic mass is 79.9. The maximum Gasteiger partial charge on any atom is 0.0581 e. The number of aromatic nitrogens is 1. The van der Waals surface area contributed by atoms with Crippen LogP contribution >= 0.6 is 15.9 Å². The van der Waals surface area contributed by atoms with E-state index in [4.69, 9.17) is 4.74 Å². The van der Waals surface area contributed by atoms with Gasteiger partial charge >= 0.3 is 0 Å². The topological polar surface area (TPSA) is 34.1 Å². The van der Waals surface area contributed by atoms with Crippen molar-refractivity contribution in [2.75, 3.05) is 20.3 Å². The van der Waals surface area contributed by atoms with E-state index in [0.29, 0.717) is 0 Å². The molecule has 1 aromatic heterocycles. The molecule has 0 saturated heterocycles. The normalized spacial score (nSPS) is 13.7. The lowest BCUT2D eigenvalue weighted by Gasteiger charge is -2.26. The fourth-order valence-corrected chi connectivity index (χ4v) is 1.99. The van der Waals surface area contributed by atoms with E-state index < -0.39 is 0 Å². The van der Waals surface area contributed by atoms with E-state index in [1.807, 2.05) is 18.3 Å². The van der Waals surface area contributed by atoms with Gasteiger partial charge in [0.25, 0.3) is 0 Å². The molecular formula is C13H21BrN2O. The van der Waals surface area contributed by atoms with Crippen molar-refractivity contribution in [1.29, 1.82) is 0 Å². The largest absolute Gasteiger partial charge is 0.384 e. The Morgan fingerprint density at radius 1 is 1.53 bits per heavy atom. The summed E-state index contributed by atoms with van der Waals surface area (Å²) in [6, 6.07) is 4.22. The van der Waals surface area contributed by atoms with Gasteiger partial charge < -0.3 is 10.1 Å². The number of ether oxygens (including phenoxy) is 1. The second-order valence-electron chi connectivity index (χ2n) is 5.10. The van der Waals surface area contributed by atoms with Crippen LogP contribution in [0.25, 0.3) is 0 Å². The molecule has 1 rings (SSSR count). The van der Waals surface area contributed by atoms with Crippen molar-refractivity contribution in [3.63, 3.8) is 0 Å². The molecule has 0 amide bonds. The van der Waals surface area contributed by atoms with Crippen molar-refractivity contribution < 1.29 is 4.74 Å². The van der Waals surface area contributed by atoms with Gasteiger partial charge in [0.1, 0.15) is 0 Å². The number of nitrogens with one attached hydrogen (secondary N) is 1. The Hall–Kier alpha value is -0.450. The van der Waals surface area contributed by atoms with Gasteiger partial charge in [-0.1, -0.05) is 29.8 Å². The third-order valence-corrected chi connectivity index (χ3v) is 3.10. The summed E-state index contributed by atoms with van der Waals surface area (Å²) in [5.41, 5.74) is 1.18. The Kier molecular flexibility index (Phi) is 5.56. The summed E-state index contributed by atoms with van der Waals surface area (Å²) in [5, 5.41) is 3.49. The molecule has 17 heavy (non-hydrogen) atoms. The number of hydrogen-bond acceptors (Lipinski definition) is 3. The zero-order chi connectivity index (χ0) is 12.9. The third kappa shape index (κ3) is 5.15. The second-order valence-corrected chi connectivity index (χ2v) is 6.01. The fraction of sp³-hybridized carbons (Fsp3) is 0.615. The van der Waals surface area contributed by atoms with E-state index in [1.165, 1.54) is 0 Å². The second kappa shape index (κ2) is 6.47. The molecule has 0 radical (unpaired) electrons. The number of halogens is 1. The van der Waals surface area contributed by atoms with Crippen LogP contribution in [0.3, 0.4) is 0 Å². The average molecular weight is 301 g/mol. The summed E-state index contributed by atoms with van der Waals surface area (Å²) in [7, 11) is 1.74. The molecule has 0 saturated carbocycles. The van der Waals surface area contributed by atoms with E-state index in [-0.39, 0.29) is 11.5 Å². The molecule has 0 fully saturated rings. The first-order valence-electron chi connectivity index (χ1n) is 5.78. The molecule has 0 aromatic carbocycles. The van der Waals surface area contributed by atoms with E-state index in [9.17, 15) is 0 Å². The smallest absolute Gasteiger partial charge is 0.0581 e. The molecule has 1 N–H and O–H groups in total. The molecule has 3 nitrogen and oxygen atoms in total. The van der Waals surface area contributed by atoms with Gasteiger partial charge in [-0.25, -0.2) is 0 Å². The maximum atomic E-state index is 5.20. The van der Waals surface area contributed by atoms with Crippen molar-refractivity contribution in [3.05, 3.63) is 28.5 Å². The first-order chi connectivity index (χ1) is 7.94. The first-order valence-corrected chi connectivity index (χ1v) is 6.58. The van der Waals surface area contributed by atoms with E-state index in [1.54, 1.807) is 7.11 Å². The standard InChI is InChI=1S/C13H21BrN2O/c1-10(12-7-11(14)5-6-15-12)16-8-13(2,3)9-17-4/h5-7,10,16H,8-9H2,1-4H3. The molecule has 96 valence electrons. The molecule has 1 unspecified atom stereocenters. The Labute approximate surface area is 112 Å². The SMILES string of the molecule is COCC(C)(C)CNC(C)c1cc(Br)ccn1. The molecule has 0 aliphatic rings. The highest BCUT2D eigenvalue weighted by Gasteiger charge is 2.19. The highest BCUT2D eigenvalue weighted by Crippen LogP contribution is 2.18. The summed E-state index contributed by atoms with van der Waals surface area (Å²) < 4.78 is 6.26. The van der Waals surface area contributed by atoms with Gasteiger partial charge in [-0.05, 0) is 19.1 Å². The van der Waals surface area contributed by atoms with Crippen LogP contribution < -0.4 is 5.32 Å². The van der Waals surface area contributed by atoms with Gasteiger partial charge in [-0.3, -0.25) is 4.98 Å². The van der Waals surface area contributed by atoms with Crippen molar-refractivity contribution in [3.8, 4) is 0 Å². The Morgan fingerprint density at radius 2 is 2.24 bits per heavy atom. The van der Waals surface area contributed by atoms with Crippen LogP contribution in [-0.4, -0.2) is 25.2 Å². The van der Waals surface area contributed by atoms with Crippen LogP contribution in [0, 0.1) is 5.41 Å². The molecule has 4 heteroatoms. The van der Waals surface area contributed by atoms with Crippen molar-refractivity contribution in [2.45, 2.75) is 26.8 Å². The van der Waals surface area contributed by atoms with Crippen LogP contribution in [0.15, 0.2) is 22.8 Å². The number of methoxy groups -OCH3 is 1. The van der Waals surface area contributed by atoms with Gasteiger partial charge in [0.05, 0.1) is 12.3 Å². The predicted octanol–water partition coefficient (Wildman–Crippen LogP) is 3.17. The lowest BCUT2D eigenvalue weighted by molar-refractivity contribution is 0.102. The van der Waals surface area contributed by atoms with Crippen molar-refractivity contribution >= 4 is 15.9 Å². The Morgan fingerprint density at radius 3 is 2.82 bits per heavy atom. The highest BCUT2D eigenvalue weighted by molar-refractivity contribution is 9.10. The minimum atomic E-state index is 0.134. The summed E-state index contributed by atoms with van der Waals surface area (Å²) in [6.45, 7) is 8.14. The van der Waals surface area contributed by atoms with E-state index in [2.05, 4.69) is 47.0 Å². The number of rotatable bonds is 6. The molecule has 1 atom stereocenters. The number of hydrogen-bond donors (Lipinski definition) is 1. The predicted molar refractivity (Wildman–Crippen MR) is 74.0 cm³/mol. The summed E-state index contributed by atoms with van der Waals surface area (Å²) in [6.07, 6.45) is 1.82. The minimum Gasteiger partial charge on any atom is -0.384 e. The average Bonchev–Trinajstić information content (AvgIpc) is 2.26. The zero-order valence-corrected chi connectivity index (χ0v) is 12.5. The van der Waals surface area contributed by atoms with Crippen LogP contribution in [0.1, 0.15) is 32.5 Å². The van der Waals surface area contributed by atoms with Crippen LogP contribution in [0.4, 0.5) is 0 Å². The number of pyridine rings is 1. The molecule has 1 heterocycles. The quantitative estimate of drug-likeness (QED) is 0.876.